The molecule has 2 rings (SSSR count). The zero-order chi connectivity index (χ0) is 11.4. The van der Waals surface area contributed by atoms with Crippen molar-refractivity contribution >= 4 is 16.7 Å². The number of aryl methyl sites for hydroxylation is 1. The van der Waals surface area contributed by atoms with Crippen LogP contribution >= 0.6 is 11.5 Å². The standard InChI is InChI=1S/C11H20N4S/c1-9-13-11(16-14-9)15-8-4-3-5-10(15)6-7-12-2/h10,12H,3-8H2,1-2H3. The average molecular weight is 240 g/mol. The first kappa shape index (κ1) is 11.8. The summed E-state index contributed by atoms with van der Waals surface area (Å²) in [5, 5.41) is 4.34. The van der Waals surface area contributed by atoms with Crippen LogP contribution in [0.1, 0.15) is 31.5 Å². The van der Waals surface area contributed by atoms with E-state index >= 15 is 0 Å². The maximum absolute atomic E-state index is 4.51. The molecule has 0 saturated carbocycles. The van der Waals surface area contributed by atoms with Crippen molar-refractivity contribution in [1.82, 2.24) is 14.7 Å². The van der Waals surface area contributed by atoms with Gasteiger partial charge in [-0.25, -0.2) is 4.98 Å². The van der Waals surface area contributed by atoms with Crippen LogP contribution in [0.15, 0.2) is 0 Å². The highest BCUT2D eigenvalue weighted by Crippen LogP contribution is 2.27. The van der Waals surface area contributed by atoms with Gasteiger partial charge in [0.25, 0.3) is 0 Å². The van der Waals surface area contributed by atoms with Gasteiger partial charge in [-0.3, -0.25) is 0 Å². The van der Waals surface area contributed by atoms with Crippen LogP contribution in [-0.2, 0) is 0 Å². The van der Waals surface area contributed by atoms with Crippen molar-refractivity contribution < 1.29 is 0 Å². The van der Waals surface area contributed by atoms with E-state index in [2.05, 4.69) is 19.6 Å². The largest absolute Gasteiger partial charge is 0.344 e. The summed E-state index contributed by atoms with van der Waals surface area (Å²) in [6, 6.07) is 0.647. The van der Waals surface area contributed by atoms with Gasteiger partial charge in [-0.05, 0) is 46.2 Å². The van der Waals surface area contributed by atoms with E-state index < -0.39 is 0 Å². The van der Waals surface area contributed by atoms with Crippen molar-refractivity contribution in [2.75, 3.05) is 25.0 Å². The Morgan fingerprint density at radius 2 is 2.38 bits per heavy atom. The first-order valence-electron chi connectivity index (χ1n) is 6.03. The molecule has 1 N–H and O–H groups in total. The molecule has 0 amide bonds. The van der Waals surface area contributed by atoms with Crippen molar-refractivity contribution in [3.63, 3.8) is 0 Å². The van der Waals surface area contributed by atoms with E-state index in [1.807, 2.05) is 14.0 Å². The highest BCUT2D eigenvalue weighted by molar-refractivity contribution is 7.09. The van der Waals surface area contributed by atoms with E-state index in [9.17, 15) is 0 Å². The summed E-state index contributed by atoms with van der Waals surface area (Å²) in [5.74, 6) is 0.901. The molecule has 1 fully saturated rings. The van der Waals surface area contributed by atoms with Gasteiger partial charge in [0.15, 0.2) is 0 Å². The minimum absolute atomic E-state index is 0.647. The molecule has 1 aromatic heterocycles. The van der Waals surface area contributed by atoms with Gasteiger partial charge in [-0.1, -0.05) is 0 Å². The predicted octanol–water partition coefficient (Wildman–Crippen LogP) is 1.81. The van der Waals surface area contributed by atoms with Crippen LogP contribution in [-0.4, -0.2) is 35.5 Å². The van der Waals surface area contributed by atoms with Gasteiger partial charge in [0.2, 0.25) is 5.13 Å². The summed E-state index contributed by atoms with van der Waals surface area (Å²) in [6.07, 6.45) is 5.13. The maximum Gasteiger partial charge on any atom is 0.205 e. The Morgan fingerprint density at radius 1 is 1.50 bits per heavy atom. The lowest BCUT2D eigenvalue weighted by Gasteiger charge is -2.35. The van der Waals surface area contributed by atoms with Crippen LogP contribution in [0.25, 0.3) is 0 Å². The molecule has 1 aliphatic heterocycles. The van der Waals surface area contributed by atoms with Gasteiger partial charge in [0.1, 0.15) is 5.82 Å². The zero-order valence-electron chi connectivity index (χ0n) is 10.1. The van der Waals surface area contributed by atoms with Crippen LogP contribution in [0.5, 0.6) is 0 Å². The van der Waals surface area contributed by atoms with Crippen LogP contribution in [0.4, 0.5) is 5.13 Å². The van der Waals surface area contributed by atoms with Gasteiger partial charge in [-0.15, -0.1) is 0 Å². The van der Waals surface area contributed by atoms with E-state index in [1.54, 1.807) is 0 Å². The highest BCUT2D eigenvalue weighted by atomic mass is 32.1. The van der Waals surface area contributed by atoms with Gasteiger partial charge in [0.05, 0.1) is 0 Å². The smallest absolute Gasteiger partial charge is 0.205 e. The van der Waals surface area contributed by atoms with Gasteiger partial charge in [0, 0.05) is 24.1 Å². The van der Waals surface area contributed by atoms with E-state index in [0.717, 1.165) is 24.0 Å². The highest BCUT2D eigenvalue weighted by Gasteiger charge is 2.24. The van der Waals surface area contributed by atoms with E-state index in [1.165, 1.54) is 37.2 Å². The molecule has 0 radical (unpaired) electrons. The number of anilines is 1. The fraction of sp³-hybridized carbons (Fsp3) is 0.818. The Labute approximate surface area is 101 Å². The van der Waals surface area contributed by atoms with Crippen LogP contribution in [0.3, 0.4) is 0 Å². The molecule has 0 aromatic carbocycles. The molecule has 0 spiro atoms. The molecular formula is C11H20N4S. The summed E-state index contributed by atoms with van der Waals surface area (Å²) in [5.41, 5.74) is 0. The van der Waals surface area contributed by atoms with Crippen LogP contribution in [0, 0.1) is 6.92 Å². The van der Waals surface area contributed by atoms with Crippen LogP contribution in [0.2, 0.25) is 0 Å². The second-order valence-electron chi connectivity index (χ2n) is 4.36. The Bertz CT molecular complexity index is 326. The van der Waals surface area contributed by atoms with Gasteiger partial charge < -0.3 is 10.2 Å². The minimum atomic E-state index is 0.647. The van der Waals surface area contributed by atoms with E-state index in [0.29, 0.717) is 6.04 Å². The van der Waals surface area contributed by atoms with Crippen molar-refractivity contribution in [1.29, 1.82) is 0 Å². The fourth-order valence-electron chi connectivity index (χ4n) is 2.27. The molecule has 2 heterocycles. The Kier molecular flexibility index (Phi) is 4.12. The first-order chi connectivity index (χ1) is 7.81. The number of piperidine rings is 1. The molecule has 1 atom stereocenters. The summed E-state index contributed by atoms with van der Waals surface area (Å²) in [7, 11) is 2.02. The van der Waals surface area contributed by atoms with E-state index in [4.69, 9.17) is 0 Å². The summed E-state index contributed by atoms with van der Waals surface area (Å²) >= 11 is 1.54. The topological polar surface area (TPSA) is 41.0 Å². The fourth-order valence-corrected chi connectivity index (χ4v) is 3.04. The molecule has 1 aliphatic rings. The average Bonchev–Trinajstić information content (AvgIpc) is 2.73. The monoisotopic (exact) mass is 240 g/mol. The van der Waals surface area contributed by atoms with Crippen LogP contribution < -0.4 is 10.2 Å². The molecule has 16 heavy (non-hydrogen) atoms. The molecule has 90 valence electrons. The summed E-state index contributed by atoms with van der Waals surface area (Å²) in [6.45, 7) is 4.19. The van der Waals surface area contributed by atoms with Crippen molar-refractivity contribution in [2.45, 2.75) is 38.6 Å². The molecular weight excluding hydrogens is 220 g/mol. The molecule has 1 aromatic rings. The Balaban J connectivity index is 2.04. The van der Waals surface area contributed by atoms with E-state index in [-0.39, 0.29) is 0 Å². The molecule has 1 unspecified atom stereocenters. The lowest BCUT2D eigenvalue weighted by atomic mass is 10.00. The molecule has 0 bridgehead atoms. The first-order valence-corrected chi connectivity index (χ1v) is 6.80. The molecule has 4 nitrogen and oxygen atoms in total. The number of rotatable bonds is 4. The van der Waals surface area contributed by atoms with Crippen molar-refractivity contribution in [3.05, 3.63) is 5.82 Å². The third kappa shape index (κ3) is 2.71. The zero-order valence-corrected chi connectivity index (χ0v) is 10.9. The molecule has 5 heteroatoms. The number of hydrogen-bond donors (Lipinski definition) is 1. The SMILES string of the molecule is CNCCC1CCCCN1c1nc(C)ns1. The third-order valence-electron chi connectivity index (χ3n) is 3.12. The Hall–Kier alpha value is -0.680. The number of hydrogen-bond acceptors (Lipinski definition) is 5. The second kappa shape index (κ2) is 5.59. The third-order valence-corrected chi connectivity index (χ3v) is 3.96. The maximum atomic E-state index is 4.51. The number of aromatic nitrogens is 2. The molecule has 1 saturated heterocycles. The van der Waals surface area contributed by atoms with Gasteiger partial charge >= 0.3 is 0 Å². The summed E-state index contributed by atoms with van der Waals surface area (Å²) in [4.78, 5) is 6.96. The normalized spacial score (nSPS) is 21.4. The lowest BCUT2D eigenvalue weighted by molar-refractivity contribution is 0.433. The predicted molar refractivity (Wildman–Crippen MR) is 68.2 cm³/mol. The second-order valence-corrected chi connectivity index (χ2v) is 5.09. The Morgan fingerprint density at radius 3 is 3.06 bits per heavy atom. The minimum Gasteiger partial charge on any atom is -0.344 e. The lowest BCUT2D eigenvalue weighted by Crippen LogP contribution is -2.41. The molecule has 0 aliphatic carbocycles. The number of nitrogens with one attached hydrogen (secondary N) is 1. The van der Waals surface area contributed by atoms with Crippen molar-refractivity contribution in [3.8, 4) is 0 Å². The van der Waals surface area contributed by atoms with Gasteiger partial charge in [-0.2, -0.15) is 4.37 Å². The quantitative estimate of drug-likeness (QED) is 0.871. The summed E-state index contributed by atoms with van der Waals surface area (Å²) < 4.78 is 4.28. The number of nitrogens with zero attached hydrogens (tertiary/aromatic N) is 3. The van der Waals surface area contributed by atoms with Crippen molar-refractivity contribution in [2.24, 2.45) is 0 Å².